The Kier molecular flexibility index (Phi) is 4.97. The maximum Gasteiger partial charge on any atom is 0.264 e. The van der Waals surface area contributed by atoms with Crippen LogP contribution in [-0.4, -0.2) is 18.9 Å². The highest BCUT2D eigenvalue weighted by Gasteiger charge is 2.37. The average Bonchev–Trinajstić information content (AvgIpc) is 3.28. The molecule has 2 aliphatic rings. The minimum absolute atomic E-state index is 0.121. The number of nitrogens with zero attached hydrogens (tertiary/aromatic N) is 1. The highest BCUT2D eigenvalue weighted by Crippen LogP contribution is 2.32. The quantitative estimate of drug-likeness (QED) is 0.773. The normalized spacial score (nSPS) is 19.6. The van der Waals surface area contributed by atoms with Crippen molar-refractivity contribution in [2.45, 2.75) is 19.9 Å². The largest absolute Gasteiger partial charge is 0.454 e. The lowest BCUT2D eigenvalue weighted by Crippen LogP contribution is -2.68. The van der Waals surface area contributed by atoms with E-state index in [4.69, 9.17) is 9.47 Å². The van der Waals surface area contributed by atoms with E-state index in [9.17, 15) is 9.18 Å². The molecule has 2 N–H and O–H groups in total. The smallest absolute Gasteiger partial charge is 0.264 e. The monoisotopic (exact) mass is 382 g/mol. The molecule has 1 fully saturated rings. The number of anilines is 1. The third-order valence-electron chi connectivity index (χ3n) is 4.60. The van der Waals surface area contributed by atoms with Gasteiger partial charge >= 0.3 is 0 Å². The Labute approximate surface area is 162 Å². The van der Waals surface area contributed by atoms with Crippen molar-refractivity contribution < 1.29 is 23.7 Å². The second-order valence-electron chi connectivity index (χ2n) is 6.54. The van der Waals surface area contributed by atoms with Crippen LogP contribution in [0, 0.1) is 11.7 Å². The van der Waals surface area contributed by atoms with Crippen LogP contribution in [0.2, 0.25) is 0 Å². The lowest BCUT2D eigenvalue weighted by molar-refractivity contribution is -0.471. The summed E-state index contributed by atoms with van der Waals surface area (Å²) in [6.07, 6.45) is 4.55. The Morgan fingerprint density at radius 1 is 1.21 bits per heavy atom. The van der Waals surface area contributed by atoms with Crippen molar-refractivity contribution >= 4 is 17.8 Å². The van der Waals surface area contributed by atoms with Crippen molar-refractivity contribution in [1.82, 2.24) is 5.43 Å². The summed E-state index contributed by atoms with van der Waals surface area (Å²) >= 11 is 0. The van der Waals surface area contributed by atoms with Crippen molar-refractivity contribution in [3.05, 3.63) is 65.6 Å². The van der Waals surface area contributed by atoms with Gasteiger partial charge in [-0.15, -0.1) is 0 Å². The number of hydrogen-bond acceptors (Lipinski definition) is 4. The highest BCUT2D eigenvalue weighted by molar-refractivity contribution is 6.07. The molecule has 0 saturated carbocycles. The number of hydrazine groups is 1. The number of carbonyl (C=O) groups is 1. The van der Waals surface area contributed by atoms with Gasteiger partial charge in [0.25, 0.3) is 5.91 Å². The molecule has 1 unspecified atom stereocenters. The van der Waals surface area contributed by atoms with Gasteiger partial charge in [0.2, 0.25) is 6.79 Å². The SMILES string of the molecule is CCC=C1NN(c2ccc(F)cc2)C(=O)C1C=[NH+]Cc1ccc2c(c1)OCO2. The third-order valence-corrected chi connectivity index (χ3v) is 4.60. The summed E-state index contributed by atoms with van der Waals surface area (Å²) < 4.78 is 23.9. The van der Waals surface area contributed by atoms with E-state index in [1.807, 2.05) is 31.2 Å². The Bertz CT molecular complexity index is 940. The standard InChI is InChI=1S/C21H20FN3O3/c1-2-3-18-17(21(26)25(24-18)16-7-5-15(22)6-8-16)12-23-11-14-4-9-19-20(10-14)28-13-27-19/h3-10,12,17,24H,2,11,13H2,1H3/p+1. The predicted octanol–water partition coefficient (Wildman–Crippen LogP) is 1.67. The number of carbonyl (C=O) groups excluding carboxylic acids is 1. The van der Waals surface area contributed by atoms with E-state index in [2.05, 4.69) is 10.4 Å². The Balaban J connectivity index is 1.50. The zero-order chi connectivity index (χ0) is 19.5. The molecule has 6 nitrogen and oxygen atoms in total. The summed E-state index contributed by atoms with van der Waals surface area (Å²) in [6, 6.07) is 11.6. The maximum atomic E-state index is 13.2. The second-order valence-corrected chi connectivity index (χ2v) is 6.54. The summed E-state index contributed by atoms with van der Waals surface area (Å²) in [6.45, 7) is 2.80. The fourth-order valence-corrected chi connectivity index (χ4v) is 3.21. The molecule has 1 atom stereocenters. The molecular weight excluding hydrogens is 361 g/mol. The molecule has 2 aromatic carbocycles. The first-order chi connectivity index (χ1) is 13.7. The molecule has 0 bridgehead atoms. The molecule has 28 heavy (non-hydrogen) atoms. The van der Waals surface area contributed by atoms with Crippen LogP contribution < -0.4 is 24.9 Å². The van der Waals surface area contributed by atoms with E-state index in [1.54, 1.807) is 18.3 Å². The molecule has 1 amide bonds. The molecule has 0 aromatic heterocycles. The van der Waals surface area contributed by atoms with Gasteiger partial charge in [-0.3, -0.25) is 10.2 Å². The fourth-order valence-electron chi connectivity index (χ4n) is 3.21. The first kappa shape index (κ1) is 18.0. The molecule has 7 heteroatoms. The highest BCUT2D eigenvalue weighted by atomic mass is 19.1. The first-order valence-electron chi connectivity index (χ1n) is 9.17. The Hall–Kier alpha value is -3.35. The van der Waals surface area contributed by atoms with Crippen molar-refractivity contribution in [1.29, 1.82) is 0 Å². The van der Waals surface area contributed by atoms with E-state index in [-0.39, 0.29) is 18.5 Å². The van der Waals surface area contributed by atoms with Crippen LogP contribution in [0.4, 0.5) is 10.1 Å². The van der Waals surface area contributed by atoms with Gasteiger partial charge in [-0.2, -0.15) is 0 Å². The van der Waals surface area contributed by atoms with Crippen LogP contribution in [0.15, 0.2) is 54.2 Å². The average molecular weight is 382 g/mol. The van der Waals surface area contributed by atoms with E-state index in [1.165, 1.54) is 17.1 Å². The summed E-state index contributed by atoms with van der Waals surface area (Å²) in [5.74, 6) is 0.565. The van der Waals surface area contributed by atoms with E-state index in [0.717, 1.165) is 29.2 Å². The van der Waals surface area contributed by atoms with E-state index < -0.39 is 5.92 Å². The second kappa shape index (κ2) is 7.72. The number of benzene rings is 2. The van der Waals surface area contributed by atoms with Crippen molar-refractivity contribution in [3.8, 4) is 11.5 Å². The molecule has 0 spiro atoms. The zero-order valence-electron chi connectivity index (χ0n) is 15.4. The number of rotatable bonds is 5. The lowest BCUT2D eigenvalue weighted by Gasteiger charge is -2.16. The van der Waals surface area contributed by atoms with E-state index in [0.29, 0.717) is 12.2 Å². The number of fused-ring (bicyclic) bond motifs is 1. The number of ether oxygens (including phenoxy) is 2. The van der Waals surface area contributed by atoms with Crippen LogP contribution in [-0.2, 0) is 11.3 Å². The molecular formula is C21H21FN3O3+. The molecule has 4 rings (SSSR count). The minimum atomic E-state index is -0.445. The minimum Gasteiger partial charge on any atom is -0.454 e. The van der Waals surface area contributed by atoms with Gasteiger partial charge in [-0.05, 0) is 48.9 Å². The number of halogens is 1. The maximum absolute atomic E-state index is 13.2. The van der Waals surface area contributed by atoms with Gasteiger partial charge < -0.3 is 9.47 Å². The van der Waals surface area contributed by atoms with Crippen LogP contribution in [0.5, 0.6) is 11.5 Å². The van der Waals surface area contributed by atoms with Crippen LogP contribution in [0.1, 0.15) is 18.9 Å². The van der Waals surface area contributed by atoms with Crippen LogP contribution in [0.25, 0.3) is 0 Å². The summed E-state index contributed by atoms with van der Waals surface area (Å²) in [5, 5.41) is 1.45. The molecule has 1 saturated heterocycles. The molecule has 2 heterocycles. The van der Waals surface area contributed by atoms with Crippen molar-refractivity contribution in [2.75, 3.05) is 11.8 Å². The first-order valence-corrected chi connectivity index (χ1v) is 9.17. The number of nitrogens with one attached hydrogen (secondary N) is 2. The molecule has 0 aliphatic carbocycles. The number of allylic oxidation sites excluding steroid dienone is 1. The number of hydrogen-bond donors (Lipinski definition) is 2. The van der Waals surface area contributed by atoms with Crippen LogP contribution >= 0.6 is 0 Å². The van der Waals surface area contributed by atoms with Gasteiger partial charge in [0, 0.05) is 5.56 Å². The van der Waals surface area contributed by atoms with Gasteiger partial charge in [0.1, 0.15) is 5.82 Å². The van der Waals surface area contributed by atoms with E-state index >= 15 is 0 Å². The predicted molar refractivity (Wildman–Crippen MR) is 102 cm³/mol. The summed E-state index contributed by atoms with van der Waals surface area (Å²) in [4.78, 5) is 16.1. The lowest BCUT2D eigenvalue weighted by atomic mass is 10.1. The van der Waals surface area contributed by atoms with Gasteiger partial charge in [-0.25, -0.2) is 14.4 Å². The van der Waals surface area contributed by atoms with Crippen molar-refractivity contribution in [3.63, 3.8) is 0 Å². The topological polar surface area (TPSA) is 64.8 Å². The van der Waals surface area contributed by atoms with Gasteiger partial charge in [-0.1, -0.05) is 13.0 Å². The van der Waals surface area contributed by atoms with Crippen LogP contribution in [0.3, 0.4) is 0 Å². The molecule has 2 aliphatic heterocycles. The fraction of sp³-hybridized carbons (Fsp3) is 0.238. The molecule has 0 radical (unpaired) electrons. The van der Waals surface area contributed by atoms with Gasteiger partial charge in [0.05, 0.1) is 11.4 Å². The summed E-state index contributed by atoms with van der Waals surface area (Å²) in [7, 11) is 0. The Morgan fingerprint density at radius 2 is 2.00 bits per heavy atom. The number of amides is 1. The van der Waals surface area contributed by atoms with Crippen molar-refractivity contribution in [2.24, 2.45) is 5.92 Å². The molecule has 2 aromatic rings. The summed E-state index contributed by atoms with van der Waals surface area (Å²) in [5.41, 5.74) is 5.55. The third kappa shape index (κ3) is 3.55. The molecule has 144 valence electrons. The van der Waals surface area contributed by atoms with Gasteiger partial charge in [0.15, 0.2) is 30.2 Å². The zero-order valence-corrected chi connectivity index (χ0v) is 15.4. The Morgan fingerprint density at radius 3 is 2.79 bits per heavy atom.